The van der Waals surface area contributed by atoms with Crippen molar-refractivity contribution in [1.29, 1.82) is 5.41 Å². The molecule has 0 heterocycles. The largest absolute Gasteiger partial charge is 0.412 e. The van der Waals surface area contributed by atoms with E-state index in [0.717, 1.165) is 0 Å². The van der Waals surface area contributed by atoms with E-state index in [0.29, 0.717) is 19.4 Å². The molecule has 0 aliphatic rings. The first kappa shape index (κ1) is 25.3. The van der Waals surface area contributed by atoms with Gasteiger partial charge in [0.1, 0.15) is 17.9 Å². The maximum absolute atomic E-state index is 10.7. The van der Waals surface area contributed by atoms with Gasteiger partial charge in [-0.3, -0.25) is 5.41 Å². The van der Waals surface area contributed by atoms with Crippen molar-refractivity contribution in [2.24, 2.45) is 11.5 Å². The molecule has 0 spiro atoms. The molecule has 0 saturated heterocycles. The molecule has 0 amide bonds. The van der Waals surface area contributed by atoms with Crippen LogP contribution in [0.1, 0.15) is 12.8 Å². The Morgan fingerprint density at radius 3 is 2.44 bits per heavy atom. The fourth-order valence-corrected chi connectivity index (χ4v) is 0.835. The van der Waals surface area contributed by atoms with Gasteiger partial charge in [-0.1, -0.05) is 0 Å². The molecule has 0 aromatic carbocycles. The van der Waals surface area contributed by atoms with E-state index in [1.807, 2.05) is 0 Å². The summed E-state index contributed by atoms with van der Waals surface area (Å²) in [5.41, 5.74) is 10.4. The van der Waals surface area contributed by atoms with Gasteiger partial charge in [0, 0.05) is 32.7 Å². The Bertz CT molecular complexity index is 201. The van der Waals surface area contributed by atoms with Crippen LogP contribution in [0.15, 0.2) is 0 Å². The zero-order valence-electron chi connectivity index (χ0n) is 8.05. The molecule has 0 radical (unpaired) electrons. The predicted molar refractivity (Wildman–Crippen MR) is 62.6 cm³/mol. The minimum absolute atomic E-state index is 0. The summed E-state index contributed by atoms with van der Waals surface area (Å²) in [5, 5.41) is 9.40. The maximum atomic E-state index is 10.7. The van der Waals surface area contributed by atoms with Gasteiger partial charge >= 0.3 is 5.97 Å². The van der Waals surface area contributed by atoms with Crippen LogP contribution in [0.5, 0.6) is 0 Å². The molecule has 1 atom stereocenters. The Hall–Kier alpha value is 0.366. The molecule has 0 aromatic rings. The molecule has 0 aliphatic carbocycles. The van der Waals surface area contributed by atoms with E-state index in [-0.39, 0.29) is 55.0 Å². The van der Waals surface area contributed by atoms with E-state index < -0.39 is 12.0 Å². The third-order valence-corrected chi connectivity index (χ3v) is 1.54. The van der Waals surface area contributed by atoms with Crippen LogP contribution < -0.4 is 16.8 Å². The summed E-state index contributed by atoms with van der Waals surface area (Å²) in [6.45, 7) is 0.499. The zero-order chi connectivity index (χ0) is 10.3. The molecule has 8 N–H and O–H groups in total. The monoisotopic (exact) mass is 346 g/mol. The summed E-state index contributed by atoms with van der Waals surface area (Å²) in [6.07, 6.45) is 1.05. The number of halogens is 1. The number of nitrogens with one attached hydrogen (secondary N) is 2. The molecule has 16 heavy (non-hydrogen) atoms. The first-order valence-electron chi connectivity index (χ1n) is 3.74. The fraction of sp³-hybridized carbons (Fsp3) is 0.667. The number of carbonyl (C=O) groups is 1. The van der Waals surface area contributed by atoms with Crippen LogP contribution in [0.4, 0.5) is 0 Å². The normalized spacial score (nSPS) is 9.62. The second kappa shape index (κ2) is 15.4. The molecule has 94 valence electrons. The molecule has 0 rings (SSSR count). The van der Waals surface area contributed by atoms with Gasteiger partial charge in [0.25, 0.3) is 0 Å². The van der Waals surface area contributed by atoms with Crippen molar-refractivity contribution in [2.45, 2.75) is 18.9 Å². The Morgan fingerprint density at radius 2 is 2.06 bits per heavy atom. The summed E-state index contributed by atoms with van der Waals surface area (Å²) in [6, 6.07) is -0.716. The van der Waals surface area contributed by atoms with Gasteiger partial charge in [0.2, 0.25) is 0 Å². The number of rotatable bonds is 5. The number of nitrogens with two attached hydrogens (primary N) is 2. The molecule has 0 saturated carbocycles. The molecule has 0 fully saturated rings. The van der Waals surface area contributed by atoms with Crippen LogP contribution in [0.2, 0.25) is 0 Å². The quantitative estimate of drug-likeness (QED) is 0.184. The summed E-state index contributed by atoms with van der Waals surface area (Å²) in [5.74, 6) is -0.752. The Labute approximate surface area is 129 Å². The standard InChI is InChI=1S/C6H13ClN4O2.Al.H2O.Zr.3H/c7-13-5(12)4(8)2-1-3-11-6(9)10;;;;;;/h4H,1-3,8H2,(H4,9,10,11);;1H2;;;;/t4-;;;;;;/m0....../s1. The minimum Gasteiger partial charge on any atom is -0.412 e. The molecular weight excluding hydrogens is 330 g/mol. The fourth-order valence-electron chi connectivity index (χ4n) is 0.720. The first-order valence-corrected chi connectivity index (χ1v) is 4.04. The van der Waals surface area contributed by atoms with Crippen molar-refractivity contribution >= 4 is 41.2 Å². The van der Waals surface area contributed by atoms with Gasteiger partial charge in [-0.2, -0.15) is 0 Å². The predicted octanol–water partition coefficient (Wildman–Crippen LogP) is -2.74. The van der Waals surface area contributed by atoms with Crippen molar-refractivity contribution in [3.8, 4) is 0 Å². The topological polar surface area (TPSA) is 146 Å². The second-order valence-electron chi connectivity index (χ2n) is 2.49. The first-order chi connectivity index (χ1) is 6.07. The van der Waals surface area contributed by atoms with Crippen LogP contribution >= 0.6 is 11.9 Å². The Kier molecular flexibility index (Phi) is 24.3. The third-order valence-electron chi connectivity index (χ3n) is 1.39. The number of guanidine groups is 1. The van der Waals surface area contributed by atoms with Gasteiger partial charge in [0.05, 0.1) is 0 Å². The molecule has 0 aromatic heterocycles. The van der Waals surface area contributed by atoms with Crippen molar-refractivity contribution in [3.63, 3.8) is 0 Å². The minimum atomic E-state index is -0.716. The molecule has 0 unspecified atom stereocenters. The number of hydrogen-bond acceptors (Lipinski definition) is 4. The Morgan fingerprint density at radius 1 is 1.56 bits per heavy atom. The van der Waals surface area contributed by atoms with E-state index in [1.165, 1.54) is 0 Å². The SMILES string of the molecule is N=C(N)NCCC[C@H](N)C(=O)OCl.O.[AlH3].[Zr]. The van der Waals surface area contributed by atoms with E-state index in [9.17, 15) is 4.79 Å². The Balaban J connectivity index is -0.000000240. The van der Waals surface area contributed by atoms with Crippen LogP contribution in [0.3, 0.4) is 0 Å². The van der Waals surface area contributed by atoms with E-state index in [2.05, 4.69) is 9.61 Å². The number of hydrogen-bond donors (Lipinski definition) is 4. The molecule has 10 heteroatoms. The summed E-state index contributed by atoms with van der Waals surface area (Å²) < 4.78 is 3.91. The summed E-state index contributed by atoms with van der Waals surface area (Å²) in [7, 11) is 0. The maximum Gasteiger partial charge on any atom is 0.341 e. The third kappa shape index (κ3) is 14.4. The van der Waals surface area contributed by atoms with Gasteiger partial charge in [-0.25, -0.2) is 4.79 Å². The van der Waals surface area contributed by atoms with Crippen LogP contribution in [0, 0.1) is 5.41 Å². The average molecular weight is 348 g/mol. The zero-order valence-corrected chi connectivity index (χ0v) is 11.3. The van der Waals surface area contributed by atoms with E-state index in [1.54, 1.807) is 0 Å². The van der Waals surface area contributed by atoms with Crippen molar-refractivity contribution in [1.82, 2.24) is 5.32 Å². The smallest absolute Gasteiger partial charge is 0.341 e. The van der Waals surface area contributed by atoms with Crippen molar-refractivity contribution < 1.29 is 40.8 Å². The summed E-state index contributed by atoms with van der Waals surface area (Å²) >= 11 is 4.81. The average Bonchev–Trinajstić information content (AvgIpc) is 2.10. The second-order valence-corrected chi connectivity index (χ2v) is 2.64. The van der Waals surface area contributed by atoms with Crippen LogP contribution in [-0.4, -0.2) is 47.4 Å². The van der Waals surface area contributed by atoms with Crippen LogP contribution in [-0.2, 0) is 35.3 Å². The molecule has 7 nitrogen and oxygen atoms in total. The molecule has 0 aliphatic heterocycles. The number of carbonyl (C=O) groups excluding carboxylic acids is 1. The van der Waals surface area contributed by atoms with Gasteiger partial charge in [-0.05, 0) is 12.8 Å². The van der Waals surface area contributed by atoms with Crippen LogP contribution in [0.25, 0.3) is 0 Å². The van der Waals surface area contributed by atoms with E-state index >= 15 is 0 Å². The van der Waals surface area contributed by atoms with Gasteiger partial charge in [0.15, 0.2) is 23.3 Å². The van der Waals surface area contributed by atoms with Gasteiger partial charge < -0.3 is 26.5 Å². The van der Waals surface area contributed by atoms with Crippen molar-refractivity contribution in [3.05, 3.63) is 0 Å². The van der Waals surface area contributed by atoms with Gasteiger partial charge in [-0.15, -0.1) is 0 Å². The molecule has 0 bridgehead atoms. The van der Waals surface area contributed by atoms with Crippen molar-refractivity contribution in [2.75, 3.05) is 6.54 Å². The summed E-state index contributed by atoms with van der Waals surface area (Å²) in [4.78, 5) is 10.7. The van der Waals surface area contributed by atoms with E-state index in [4.69, 9.17) is 28.7 Å². The molecular formula is C6H18AlClN4O3Zr.